The Labute approximate surface area is 323 Å². The Morgan fingerprint density at radius 3 is 2.27 bits per heavy atom. The van der Waals surface area contributed by atoms with Crippen molar-refractivity contribution >= 4 is 23.4 Å². The summed E-state index contributed by atoms with van der Waals surface area (Å²) >= 11 is 0. The maximum absolute atomic E-state index is 13.4. The fourth-order valence-corrected chi connectivity index (χ4v) is 9.91. The molecule has 5 aliphatic rings. The first-order chi connectivity index (χ1) is 26.9. The second-order valence-corrected chi connectivity index (χ2v) is 16.3. The smallest absolute Gasteiger partial charge is 0.255 e. The summed E-state index contributed by atoms with van der Waals surface area (Å²) in [7, 11) is 0. The fraction of sp³-hybridized carbons (Fsp3) is 0.413. The van der Waals surface area contributed by atoms with Gasteiger partial charge in [0, 0.05) is 62.9 Å². The summed E-state index contributed by atoms with van der Waals surface area (Å²) in [6.07, 6.45) is 7.16. The number of hydrogen-bond donors (Lipinski definition) is 2. The molecule has 0 radical (unpaired) electrons. The topological polar surface area (TPSA) is 102 Å². The van der Waals surface area contributed by atoms with Gasteiger partial charge in [-0.05, 0) is 121 Å². The summed E-state index contributed by atoms with van der Waals surface area (Å²) < 4.78 is 6.56. The number of likely N-dealkylation sites (tertiary alicyclic amines) is 1. The van der Waals surface area contributed by atoms with Crippen LogP contribution in [0.1, 0.15) is 95.0 Å². The number of ether oxygens (including phenoxy) is 1. The molecule has 3 amide bonds. The number of nitrogens with zero attached hydrogens (tertiary/aromatic N) is 3. The maximum Gasteiger partial charge on any atom is 0.255 e. The van der Waals surface area contributed by atoms with Crippen LogP contribution in [0.4, 0.5) is 5.69 Å². The lowest BCUT2D eigenvalue weighted by Crippen LogP contribution is -2.52. The second-order valence-electron chi connectivity index (χ2n) is 16.3. The van der Waals surface area contributed by atoms with Crippen LogP contribution in [0.25, 0.3) is 0 Å². The van der Waals surface area contributed by atoms with Gasteiger partial charge in [-0.15, -0.1) is 0 Å². The van der Waals surface area contributed by atoms with Crippen molar-refractivity contribution in [1.82, 2.24) is 15.1 Å². The number of benzene rings is 4. The average molecular weight is 739 g/mol. The Morgan fingerprint density at radius 1 is 0.727 bits per heavy atom. The highest BCUT2D eigenvalue weighted by Gasteiger charge is 2.39. The van der Waals surface area contributed by atoms with Crippen molar-refractivity contribution < 1.29 is 24.2 Å². The minimum atomic E-state index is -0.586. The van der Waals surface area contributed by atoms with Crippen molar-refractivity contribution in [1.29, 1.82) is 0 Å². The lowest BCUT2D eigenvalue weighted by molar-refractivity contribution is -0.136. The Bertz CT molecular complexity index is 2050. The van der Waals surface area contributed by atoms with Crippen molar-refractivity contribution in [3.63, 3.8) is 0 Å². The standard InChI is InChI=1S/C46H50N4O5/c51-36-11-15-40-33(26-36)9-14-39(31-4-2-1-3-5-31)44(40)32-7-12-37(13-8-32)55-38-20-22-48(23-21-38)28-30-18-24-49(25-19-30)35-10-6-34-29-50(46(54)41(34)27-35)42-16-17-43(52)47-45(42)53/h1-8,10-13,15,26-27,30,38-39,42,44,51H,9,14,16-25,28-29H2,(H,47,52,53)/t39-,42?,44+/m1/s1. The number of phenols is 1. The zero-order valence-electron chi connectivity index (χ0n) is 31.4. The molecule has 3 atom stereocenters. The number of amides is 3. The number of fused-ring (bicyclic) bond motifs is 2. The van der Waals surface area contributed by atoms with E-state index in [-0.39, 0.29) is 36.2 Å². The number of rotatable bonds is 8. The maximum atomic E-state index is 13.4. The fourth-order valence-electron chi connectivity index (χ4n) is 9.91. The van der Waals surface area contributed by atoms with Gasteiger partial charge < -0.3 is 24.5 Å². The normalized spacial score (nSPS) is 23.7. The van der Waals surface area contributed by atoms with E-state index in [9.17, 15) is 19.5 Å². The lowest BCUT2D eigenvalue weighted by Gasteiger charge is -2.38. The lowest BCUT2D eigenvalue weighted by atomic mass is 9.69. The third kappa shape index (κ3) is 7.34. The minimum Gasteiger partial charge on any atom is -0.508 e. The molecule has 55 heavy (non-hydrogen) atoms. The van der Waals surface area contributed by atoms with E-state index in [1.165, 1.54) is 22.3 Å². The van der Waals surface area contributed by atoms with Gasteiger partial charge in [0.1, 0.15) is 23.6 Å². The van der Waals surface area contributed by atoms with Crippen molar-refractivity contribution in [3.05, 3.63) is 124 Å². The summed E-state index contributed by atoms with van der Waals surface area (Å²) in [5.41, 5.74) is 7.90. The van der Waals surface area contributed by atoms with Gasteiger partial charge in [0.25, 0.3) is 5.91 Å². The van der Waals surface area contributed by atoms with E-state index in [1.54, 1.807) is 4.90 Å². The third-order valence-electron chi connectivity index (χ3n) is 12.9. The molecule has 0 spiro atoms. The monoisotopic (exact) mass is 738 g/mol. The van der Waals surface area contributed by atoms with Crippen LogP contribution < -0.4 is 15.0 Å². The molecule has 0 bridgehead atoms. The van der Waals surface area contributed by atoms with Gasteiger partial charge in [-0.2, -0.15) is 0 Å². The summed E-state index contributed by atoms with van der Waals surface area (Å²) in [6.45, 7) is 5.54. The molecule has 2 N–H and O–H groups in total. The van der Waals surface area contributed by atoms with E-state index in [4.69, 9.17) is 4.74 Å². The molecule has 1 aliphatic carbocycles. The molecular formula is C46H50N4O5. The molecule has 3 fully saturated rings. The molecule has 1 unspecified atom stereocenters. The van der Waals surface area contributed by atoms with Gasteiger partial charge in [0.15, 0.2) is 0 Å². The van der Waals surface area contributed by atoms with E-state index in [0.29, 0.717) is 36.1 Å². The largest absolute Gasteiger partial charge is 0.508 e. The molecule has 9 nitrogen and oxygen atoms in total. The molecule has 9 rings (SSSR count). The van der Waals surface area contributed by atoms with E-state index in [2.05, 4.69) is 81.8 Å². The third-order valence-corrected chi connectivity index (χ3v) is 12.9. The van der Waals surface area contributed by atoms with Crippen LogP contribution in [-0.2, 0) is 22.6 Å². The van der Waals surface area contributed by atoms with Gasteiger partial charge in [0.2, 0.25) is 11.8 Å². The molecule has 0 saturated carbocycles. The molecule has 9 heteroatoms. The Hall–Kier alpha value is -5.15. The van der Waals surface area contributed by atoms with Crippen LogP contribution in [0.3, 0.4) is 0 Å². The van der Waals surface area contributed by atoms with Crippen LogP contribution in [0.5, 0.6) is 11.5 Å². The van der Waals surface area contributed by atoms with Gasteiger partial charge >= 0.3 is 0 Å². The van der Waals surface area contributed by atoms with Gasteiger partial charge in [-0.1, -0.05) is 54.6 Å². The number of carbonyl (C=O) groups is 3. The van der Waals surface area contributed by atoms with Crippen molar-refractivity contribution in [2.45, 2.75) is 81.9 Å². The van der Waals surface area contributed by atoms with Crippen molar-refractivity contribution in [2.75, 3.05) is 37.6 Å². The molecule has 284 valence electrons. The Kier molecular flexibility index (Phi) is 9.81. The quantitative estimate of drug-likeness (QED) is 0.193. The zero-order valence-corrected chi connectivity index (χ0v) is 31.4. The van der Waals surface area contributed by atoms with Gasteiger partial charge in [-0.25, -0.2) is 0 Å². The molecule has 4 heterocycles. The van der Waals surface area contributed by atoms with Crippen molar-refractivity contribution in [2.24, 2.45) is 5.92 Å². The highest BCUT2D eigenvalue weighted by atomic mass is 16.5. The molecule has 4 aliphatic heterocycles. The predicted octanol–water partition coefficient (Wildman–Crippen LogP) is 6.77. The van der Waals surface area contributed by atoms with Gasteiger partial charge in [0.05, 0.1) is 0 Å². The van der Waals surface area contributed by atoms with Crippen LogP contribution in [0, 0.1) is 5.92 Å². The first kappa shape index (κ1) is 35.5. The first-order valence-electron chi connectivity index (χ1n) is 20.2. The number of imide groups is 1. The summed E-state index contributed by atoms with van der Waals surface area (Å²) in [4.78, 5) is 44.1. The van der Waals surface area contributed by atoms with E-state index >= 15 is 0 Å². The second kappa shape index (κ2) is 15.2. The van der Waals surface area contributed by atoms with E-state index in [1.807, 2.05) is 24.3 Å². The number of carbonyl (C=O) groups excluding carboxylic acids is 3. The SMILES string of the molecule is O=C1CCC(N2Cc3ccc(N4CCC(CN5CCC(Oc6ccc([C@@H]7c8ccc(O)cc8CC[C@@H]7c7ccccc7)cc6)CC5)CC4)cc3C2=O)C(=O)N1. The number of aromatic hydroxyl groups is 1. The molecule has 4 aromatic carbocycles. The first-order valence-corrected chi connectivity index (χ1v) is 20.2. The Balaban J connectivity index is 0.758. The number of anilines is 1. The molecule has 3 saturated heterocycles. The molecule has 0 aromatic heterocycles. The Morgan fingerprint density at radius 2 is 1.51 bits per heavy atom. The number of aryl methyl sites for hydroxylation is 1. The molecular weight excluding hydrogens is 689 g/mol. The molecule has 4 aromatic rings. The highest BCUT2D eigenvalue weighted by Crippen LogP contribution is 2.47. The average Bonchev–Trinajstić information content (AvgIpc) is 3.54. The number of phenolic OH excluding ortho intramolecular Hbond substituents is 1. The van der Waals surface area contributed by atoms with Crippen LogP contribution in [-0.4, -0.2) is 77.5 Å². The summed E-state index contributed by atoms with van der Waals surface area (Å²) in [5.74, 6) is 1.78. The highest BCUT2D eigenvalue weighted by molar-refractivity contribution is 6.05. The predicted molar refractivity (Wildman–Crippen MR) is 211 cm³/mol. The summed E-state index contributed by atoms with van der Waals surface area (Å²) in [5, 5.41) is 12.6. The van der Waals surface area contributed by atoms with Crippen LogP contribution in [0.2, 0.25) is 0 Å². The minimum absolute atomic E-state index is 0.115. The number of piperidine rings is 3. The zero-order chi connectivity index (χ0) is 37.5. The van der Waals surface area contributed by atoms with E-state index in [0.717, 1.165) is 88.2 Å². The number of hydrogen-bond acceptors (Lipinski definition) is 7. The van der Waals surface area contributed by atoms with Gasteiger partial charge in [-0.3, -0.25) is 19.7 Å². The van der Waals surface area contributed by atoms with Crippen molar-refractivity contribution in [3.8, 4) is 11.5 Å². The van der Waals surface area contributed by atoms with Crippen LogP contribution in [0.15, 0.2) is 91.0 Å². The summed E-state index contributed by atoms with van der Waals surface area (Å²) in [6, 6.07) is 31.1. The van der Waals surface area contributed by atoms with E-state index < -0.39 is 6.04 Å². The number of nitrogens with one attached hydrogen (secondary N) is 1. The van der Waals surface area contributed by atoms with Crippen LogP contribution >= 0.6 is 0 Å².